The predicted molar refractivity (Wildman–Crippen MR) is 149 cm³/mol. The van der Waals surface area contributed by atoms with Crippen molar-refractivity contribution in [1.29, 1.82) is 0 Å². The number of benzene rings is 3. The van der Waals surface area contributed by atoms with Gasteiger partial charge >= 0.3 is 0 Å². The number of furan rings is 1. The van der Waals surface area contributed by atoms with Gasteiger partial charge in [0.05, 0.1) is 11.3 Å². The fourth-order valence-corrected chi connectivity index (χ4v) is 5.43. The first-order chi connectivity index (χ1) is 16.3. The Balaban J connectivity index is 1.70. The second-order valence-corrected chi connectivity index (χ2v) is 10.2. The van der Waals surface area contributed by atoms with Crippen LogP contribution in [0.15, 0.2) is 65.1 Å². The Morgan fingerprint density at radius 1 is 0.971 bits per heavy atom. The number of rotatable bonds is 9. The summed E-state index contributed by atoms with van der Waals surface area (Å²) < 4.78 is 13.7. The van der Waals surface area contributed by atoms with Gasteiger partial charge in [-0.3, -0.25) is 9.59 Å². The second-order valence-electron chi connectivity index (χ2n) is 7.84. The van der Waals surface area contributed by atoms with Crippen LogP contribution in [0.2, 0.25) is 0 Å². The Hall–Kier alpha value is -2.60. The van der Waals surface area contributed by atoms with E-state index in [4.69, 9.17) is 20.6 Å². The number of nitrogen functional groups attached to an aromatic ring is 1. The number of halogens is 2. The van der Waals surface area contributed by atoms with E-state index in [1.807, 2.05) is 42.5 Å². The number of fused-ring (bicyclic) bond motifs is 1. The minimum absolute atomic E-state index is 0.151. The maximum atomic E-state index is 13.6. The molecule has 0 saturated heterocycles. The van der Waals surface area contributed by atoms with Crippen LogP contribution in [0.3, 0.4) is 0 Å². The molecule has 0 spiro atoms. The Kier molecular flexibility index (Phi) is 7.77. The maximum Gasteiger partial charge on any atom is 0.217 e. The molecule has 4 aromatic rings. The van der Waals surface area contributed by atoms with Crippen molar-refractivity contribution < 1.29 is 18.7 Å². The molecule has 0 aliphatic carbocycles. The number of carbonyl (C=O) groups is 2. The standard InChI is InChI=1S/C26H22I2N2O4/c27-19-11-16(12-20(28)25(19)30)26(32)24-18-10-9-17(33-14-15-5-2-1-3-6-15)13-22(18)34-21(24)7-4-8-23(29)31/h1-3,5-6,9-13H,4,7-8,14,30H2,(H2,29,31). The van der Waals surface area contributed by atoms with Gasteiger partial charge in [-0.2, -0.15) is 0 Å². The van der Waals surface area contributed by atoms with Crippen LogP contribution in [0.25, 0.3) is 11.0 Å². The van der Waals surface area contributed by atoms with Crippen molar-refractivity contribution in [3.63, 3.8) is 0 Å². The molecule has 0 unspecified atom stereocenters. The fourth-order valence-electron chi connectivity index (χ4n) is 3.67. The second kappa shape index (κ2) is 10.8. The van der Waals surface area contributed by atoms with E-state index in [9.17, 15) is 9.59 Å². The van der Waals surface area contributed by atoms with Gasteiger partial charge in [-0.05, 0) is 81.4 Å². The Morgan fingerprint density at radius 3 is 2.35 bits per heavy atom. The molecule has 174 valence electrons. The van der Waals surface area contributed by atoms with Crippen LogP contribution < -0.4 is 16.2 Å². The van der Waals surface area contributed by atoms with Crippen molar-refractivity contribution in [1.82, 2.24) is 0 Å². The molecule has 4 N–H and O–H groups in total. The lowest BCUT2D eigenvalue weighted by Crippen LogP contribution is -2.11. The third-order valence-electron chi connectivity index (χ3n) is 5.38. The average Bonchev–Trinajstić information content (AvgIpc) is 3.18. The third-order valence-corrected chi connectivity index (χ3v) is 7.16. The van der Waals surface area contributed by atoms with E-state index in [0.29, 0.717) is 58.7 Å². The van der Waals surface area contributed by atoms with Gasteiger partial charge in [-0.25, -0.2) is 0 Å². The van der Waals surface area contributed by atoms with Crippen LogP contribution >= 0.6 is 45.2 Å². The molecule has 0 saturated carbocycles. The van der Waals surface area contributed by atoms with Gasteiger partial charge in [-0.15, -0.1) is 0 Å². The first-order valence-corrected chi connectivity index (χ1v) is 12.8. The summed E-state index contributed by atoms with van der Waals surface area (Å²) in [6, 6.07) is 18.9. The summed E-state index contributed by atoms with van der Waals surface area (Å²) >= 11 is 4.26. The van der Waals surface area contributed by atoms with E-state index in [-0.39, 0.29) is 18.1 Å². The molecular formula is C26H22I2N2O4. The van der Waals surface area contributed by atoms with Gasteiger partial charge < -0.3 is 20.6 Å². The molecule has 0 fully saturated rings. The van der Waals surface area contributed by atoms with Gasteiger partial charge in [0, 0.05) is 37.0 Å². The number of anilines is 1. The summed E-state index contributed by atoms with van der Waals surface area (Å²) in [7, 11) is 0. The topological polar surface area (TPSA) is 109 Å². The number of ketones is 1. The van der Waals surface area contributed by atoms with Crippen molar-refractivity contribution in [2.24, 2.45) is 5.73 Å². The summed E-state index contributed by atoms with van der Waals surface area (Å²) in [4.78, 5) is 24.9. The summed E-state index contributed by atoms with van der Waals surface area (Å²) in [6.07, 6.45) is 1.12. The highest BCUT2D eigenvalue weighted by molar-refractivity contribution is 14.1. The molecule has 0 aliphatic rings. The number of amides is 1. The molecule has 6 nitrogen and oxygen atoms in total. The number of carbonyl (C=O) groups excluding carboxylic acids is 2. The molecular weight excluding hydrogens is 658 g/mol. The first-order valence-electron chi connectivity index (χ1n) is 10.6. The number of nitrogens with two attached hydrogens (primary N) is 2. The van der Waals surface area contributed by atoms with Crippen molar-refractivity contribution in [3.05, 3.63) is 90.3 Å². The van der Waals surface area contributed by atoms with Crippen molar-refractivity contribution in [3.8, 4) is 5.75 Å². The van der Waals surface area contributed by atoms with E-state index in [0.717, 1.165) is 12.7 Å². The van der Waals surface area contributed by atoms with Crippen LogP contribution in [0.1, 0.15) is 40.1 Å². The zero-order chi connectivity index (χ0) is 24.2. The quantitative estimate of drug-likeness (QED) is 0.131. The molecule has 0 bridgehead atoms. The molecule has 34 heavy (non-hydrogen) atoms. The number of hydrogen-bond donors (Lipinski definition) is 2. The molecule has 0 radical (unpaired) electrons. The molecule has 1 amide bonds. The van der Waals surface area contributed by atoms with Crippen molar-refractivity contribution in [2.75, 3.05) is 5.73 Å². The number of ether oxygens (including phenoxy) is 1. The summed E-state index contributed by atoms with van der Waals surface area (Å²) in [5.41, 5.74) is 14.7. The monoisotopic (exact) mass is 680 g/mol. The lowest BCUT2D eigenvalue weighted by Gasteiger charge is -2.08. The molecule has 4 rings (SSSR count). The van der Waals surface area contributed by atoms with E-state index in [1.54, 1.807) is 18.2 Å². The van der Waals surface area contributed by atoms with Crippen LogP contribution in [-0.4, -0.2) is 11.7 Å². The Morgan fingerprint density at radius 2 is 1.68 bits per heavy atom. The first kappa shape index (κ1) is 24.5. The number of primary amides is 1. The molecule has 1 aromatic heterocycles. The number of aryl methyl sites for hydroxylation is 1. The third kappa shape index (κ3) is 5.54. The molecule has 1 heterocycles. The highest BCUT2D eigenvalue weighted by Gasteiger charge is 2.23. The zero-order valence-corrected chi connectivity index (χ0v) is 22.5. The largest absolute Gasteiger partial charge is 0.489 e. The van der Waals surface area contributed by atoms with E-state index < -0.39 is 0 Å². The lowest BCUT2D eigenvalue weighted by molar-refractivity contribution is -0.118. The smallest absolute Gasteiger partial charge is 0.217 e. The van der Waals surface area contributed by atoms with Crippen LogP contribution in [0.5, 0.6) is 5.75 Å². The molecule has 0 aliphatic heterocycles. The van der Waals surface area contributed by atoms with Gasteiger partial charge in [0.25, 0.3) is 0 Å². The average molecular weight is 680 g/mol. The molecule has 8 heteroatoms. The Labute approximate surface area is 224 Å². The highest BCUT2D eigenvalue weighted by Crippen LogP contribution is 2.33. The van der Waals surface area contributed by atoms with E-state index in [2.05, 4.69) is 45.2 Å². The Bertz CT molecular complexity index is 1340. The summed E-state index contributed by atoms with van der Waals surface area (Å²) in [5.74, 6) is 0.637. The minimum atomic E-state index is -0.386. The fraction of sp³-hybridized carbons (Fsp3) is 0.154. The van der Waals surface area contributed by atoms with Crippen LogP contribution in [0.4, 0.5) is 5.69 Å². The summed E-state index contributed by atoms with van der Waals surface area (Å²) in [6.45, 7) is 0.423. The SMILES string of the molecule is NC(=O)CCCc1oc2cc(OCc3ccccc3)ccc2c1C(=O)c1cc(I)c(N)c(I)c1. The lowest BCUT2D eigenvalue weighted by atomic mass is 9.98. The summed E-state index contributed by atoms with van der Waals surface area (Å²) in [5, 5.41) is 0.702. The normalized spacial score (nSPS) is 11.0. The molecule has 0 atom stereocenters. The van der Waals surface area contributed by atoms with Crippen LogP contribution in [-0.2, 0) is 17.8 Å². The predicted octanol–water partition coefficient (Wildman–Crippen LogP) is 5.84. The van der Waals surface area contributed by atoms with Crippen molar-refractivity contribution >= 4 is 73.5 Å². The van der Waals surface area contributed by atoms with Gasteiger partial charge in [0.2, 0.25) is 5.91 Å². The van der Waals surface area contributed by atoms with E-state index >= 15 is 0 Å². The number of hydrogen-bond acceptors (Lipinski definition) is 5. The zero-order valence-electron chi connectivity index (χ0n) is 18.1. The minimum Gasteiger partial charge on any atom is -0.489 e. The van der Waals surface area contributed by atoms with E-state index in [1.165, 1.54) is 0 Å². The van der Waals surface area contributed by atoms with Gasteiger partial charge in [0.1, 0.15) is 23.7 Å². The van der Waals surface area contributed by atoms with Crippen LogP contribution in [0, 0.1) is 7.14 Å². The van der Waals surface area contributed by atoms with Crippen molar-refractivity contribution in [2.45, 2.75) is 25.9 Å². The highest BCUT2D eigenvalue weighted by atomic mass is 127. The van der Waals surface area contributed by atoms with Gasteiger partial charge in [0.15, 0.2) is 5.78 Å². The van der Waals surface area contributed by atoms with Gasteiger partial charge in [-0.1, -0.05) is 30.3 Å². The molecule has 3 aromatic carbocycles. The maximum absolute atomic E-state index is 13.6.